The Hall–Kier alpha value is -0.910. The summed E-state index contributed by atoms with van der Waals surface area (Å²) in [5, 5.41) is 12.4. The Balaban J connectivity index is 2.53. The van der Waals surface area contributed by atoms with Gasteiger partial charge in [-0.25, -0.2) is 4.79 Å². The predicted molar refractivity (Wildman–Crippen MR) is 82.2 cm³/mol. The van der Waals surface area contributed by atoms with Crippen LogP contribution in [0.1, 0.15) is 40.0 Å². The molecule has 2 amide bonds. The van der Waals surface area contributed by atoms with Crippen molar-refractivity contribution in [3.05, 3.63) is 0 Å². The van der Waals surface area contributed by atoms with Gasteiger partial charge in [0.15, 0.2) is 0 Å². The molecule has 20 heavy (non-hydrogen) atoms. The molecule has 2 unspecified atom stereocenters. The summed E-state index contributed by atoms with van der Waals surface area (Å²) >= 11 is 1.79. The Kier molecular flexibility index (Phi) is 6.65. The van der Waals surface area contributed by atoms with E-state index in [0.29, 0.717) is 25.9 Å². The minimum Gasteiger partial charge on any atom is -0.481 e. The van der Waals surface area contributed by atoms with Crippen LogP contribution in [0, 0.1) is 5.41 Å². The molecule has 1 saturated heterocycles. The number of hydrogen-bond donors (Lipinski definition) is 2. The summed E-state index contributed by atoms with van der Waals surface area (Å²) in [6.07, 6.45) is 2.01. The fourth-order valence-corrected chi connectivity index (χ4v) is 3.32. The van der Waals surface area contributed by atoms with Crippen molar-refractivity contribution in [1.82, 2.24) is 10.2 Å². The molecule has 1 aliphatic heterocycles. The Morgan fingerprint density at radius 3 is 2.70 bits per heavy atom. The highest BCUT2D eigenvalue weighted by atomic mass is 32.2. The van der Waals surface area contributed by atoms with Crippen molar-refractivity contribution in [3.8, 4) is 0 Å². The zero-order valence-electron chi connectivity index (χ0n) is 12.6. The molecule has 116 valence electrons. The van der Waals surface area contributed by atoms with Crippen molar-refractivity contribution in [2.75, 3.05) is 24.6 Å². The molecular weight excluding hydrogens is 276 g/mol. The molecule has 6 heteroatoms. The highest BCUT2D eigenvalue weighted by Gasteiger charge is 2.45. The Morgan fingerprint density at radius 2 is 2.15 bits per heavy atom. The molecule has 2 N–H and O–H groups in total. The summed E-state index contributed by atoms with van der Waals surface area (Å²) in [5.74, 6) is 1.14. The van der Waals surface area contributed by atoms with Crippen LogP contribution in [-0.2, 0) is 4.79 Å². The van der Waals surface area contributed by atoms with Gasteiger partial charge in [-0.2, -0.15) is 11.8 Å². The van der Waals surface area contributed by atoms with Gasteiger partial charge >= 0.3 is 12.0 Å². The van der Waals surface area contributed by atoms with E-state index in [0.717, 1.165) is 17.9 Å². The summed E-state index contributed by atoms with van der Waals surface area (Å²) in [6, 6.07) is -0.0214. The van der Waals surface area contributed by atoms with Gasteiger partial charge in [0, 0.05) is 24.9 Å². The van der Waals surface area contributed by atoms with Gasteiger partial charge in [-0.3, -0.25) is 4.79 Å². The number of nitrogens with one attached hydrogen (secondary N) is 1. The lowest BCUT2D eigenvalue weighted by Gasteiger charge is -2.25. The van der Waals surface area contributed by atoms with Crippen LogP contribution in [0.3, 0.4) is 0 Å². The summed E-state index contributed by atoms with van der Waals surface area (Å²) < 4.78 is 0. The number of carbonyl (C=O) groups is 2. The second-order valence-electron chi connectivity index (χ2n) is 5.52. The maximum absolute atomic E-state index is 12.1. The third-order valence-electron chi connectivity index (χ3n) is 3.77. The number of carbonyl (C=O) groups excluding carboxylic acids is 1. The molecule has 0 bridgehead atoms. The standard InChI is InChI=1S/C14H26N2O3S/c1-4-6-14(12(17)18)7-8-16(10-14)13(19)15-11(3)9-20-5-2/h11H,4-10H2,1-3H3,(H,15,19)(H,17,18). The fourth-order valence-electron chi connectivity index (χ4n) is 2.65. The maximum Gasteiger partial charge on any atom is 0.317 e. The van der Waals surface area contributed by atoms with E-state index in [4.69, 9.17) is 0 Å². The molecule has 0 aromatic heterocycles. The summed E-state index contributed by atoms with van der Waals surface area (Å²) in [4.78, 5) is 25.3. The van der Waals surface area contributed by atoms with Crippen molar-refractivity contribution in [2.45, 2.75) is 46.1 Å². The summed E-state index contributed by atoms with van der Waals surface area (Å²) in [7, 11) is 0. The van der Waals surface area contributed by atoms with E-state index in [9.17, 15) is 14.7 Å². The van der Waals surface area contributed by atoms with Gasteiger partial charge in [-0.15, -0.1) is 0 Å². The molecule has 0 saturated carbocycles. The van der Waals surface area contributed by atoms with Crippen LogP contribution < -0.4 is 5.32 Å². The number of amides is 2. The van der Waals surface area contributed by atoms with Gasteiger partial charge in [0.2, 0.25) is 0 Å². The van der Waals surface area contributed by atoms with Crippen molar-refractivity contribution in [3.63, 3.8) is 0 Å². The van der Waals surface area contributed by atoms with Gasteiger partial charge in [0.05, 0.1) is 5.41 Å². The normalized spacial score (nSPS) is 23.6. The van der Waals surface area contributed by atoms with Crippen molar-refractivity contribution >= 4 is 23.8 Å². The third-order valence-corrected chi connectivity index (χ3v) is 4.91. The average molecular weight is 302 g/mol. The first kappa shape index (κ1) is 17.1. The van der Waals surface area contributed by atoms with Gasteiger partial charge in [-0.05, 0) is 25.5 Å². The molecule has 0 radical (unpaired) electrons. The first-order chi connectivity index (χ1) is 9.45. The second kappa shape index (κ2) is 7.76. The van der Waals surface area contributed by atoms with Crippen LogP contribution >= 0.6 is 11.8 Å². The van der Waals surface area contributed by atoms with E-state index >= 15 is 0 Å². The third kappa shape index (κ3) is 4.30. The lowest BCUT2D eigenvalue weighted by Crippen LogP contribution is -2.45. The minimum absolute atomic E-state index is 0.110. The monoisotopic (exact) mass is 302 g/mol. The number of hydrogen-bond acceptors (Lipinski definition) is 3. The molecular formula is C14H26N2O3S. The molecule has 1 rings (SSSR count). The lowest BCUT2D eigenvalue weighted by atomic mass is 9.83. The molecule has 1 aliphatic rings. The number of urea groups is 1. The minimum atomic E-state index is -0.774. The number of aliphatic carboxylic acids is 1. The molecule has 0 aliphatic carbocycles. The fraction of sp³-hybridized carbons (Fsp3) is 0.857. The van der Waals surface area contributed by atoms with E-state index in [1.807, 2.05) is 13.8 Å². The van der Waals surface area contributed by atoms with Crippen LogP contribution in [0.4, 0.5) is 4.79 Å². The number of carboxylic acids is 1. The van der Waals surface area contributed by atoms with Crippen LogP contribution in [0.5, 0.6) is 0 Å². The molecule has 1 fully saturated rings. The Labute approximate surface area is 125 Å². The average Bonchev–Trinajstić information content (AvgIpc) is 2.82. The molecule has 0 spiro atoms. The predicted octanol–water partition coefficient (Wildman–Crippen LogP) is 2.41. The van der Waals surface area contributed by atoms with E-state index in [-0.39, 0.29) is 12.1 Å². The molecule has 1 heterocycles. The summed E-state index contributed by atoms with van der Waals surface area (Å²) in [5.41, 5.74) is -0.743. The number of nitrogens with zero attached hydrogens (tertiary/aromatic N) is 1. The first-order valence-electron chi connectivity index (χ1n) is 7.31. The number of rotatable bonds is 7. The number of thioether (sulfide) groups is 1. The highest BCUT2D eigenvalue weighted by molar-refractivity contribution is 7.99. The second-order valence-corrected chi connectivity index (χ2v) is 6.84. The summed E-state index contributed by atoms with van der Waals surface area (Å²) in [6.45, 7) is 6.91. The zero-order valence-corrected chi connectivity index (χ0v) is 13.5. The largest absolute Gasteiger partial charge is 0.481 e. The molecule has 0 aromatic rings. The highest BCUT2D eigenvalue weighted by Crippen LogP contribution is 2.35. The first-order valence-corrected chi connectivity index (χ1v) is 8.47. The topological polar surface area (TPSA) is 69.6 Å². The molecule has 0 aromatic carbocycles. The van der Waals surface area contributed by atoms with Crippen LogP contribution in [-0.4, -0.2) is 52.6 Å². The smallest absolute Gasteiger partial charge is 0.317 e. The van der Waals surface area contributed by atoms with E-state index in [1.54, 1.807) is 16.7 Å². The molecule has 2 atom stereocenters. The van der Waals surface area contributed by atoms with E-state index in [2.05, 4.69) is 12.2 Å². The van der Waals surface area contributed by atoms with Crippen molar-refractivity contribution < 1.29 is 14.7 Å². The van der Waals surface area contributed by atoms with E-state index in [1.165, 1.54) is 0 Å². The SMILES string of the molecule is CCCC1(C(=O)O)CCN(C(=O)NC(C)CSCC)C1. The lowest BCUT2D eigenvalue weighted by molar-refractivity contribution is -0.148. The van der Waals surface area contributed by atoms with Crippen molar-refractivity contribution in [2.24, 2.45) is 5.41 Å². The maximum atomic E-state index is 12.1. The number of carboxylic acid groups (broad SMARTS) is 1. The van der Waals surface area contributed by atoms with Gasteiger partial charge < -0.3 is 15.3 Å². The van der Waals surface area contributed by atoms with Crippen LogP contribution in [0.25, 0.3) is 0 Å². The van der Waals surface area contributed by atoms with Gasteiger partial charge in [-0.1, -0.05) is 20.3 Å². The number of likely N-dealkylation sites (tertiary alicyclic amines) is 1. The zero-order chi connectivity index (χ0) is 15.2. The van der Waals surface area contributed by atoms with E-state index < -0.39 is 11.4 Å². The van der Waals surface area contributed by atoms with Crippen LogP contribution in [0.2, 0.25) is 0 Å². The Morgan fingerprint density at radius 1 is 1.45 bits per heavy atom. The van der Waals surface area contributed by atoms with Crippen LogP contribution in [0.15, 0.2) is 0 Å². The quantitative estimate of drug-likeness (QED) is 0.758. The Bertz CT molecular complexity index is 351. The molecule has 5 nitrogen and oxygen atoms in total. The van der Waals surface area contributed by atoms with Gasteiger partial charge in [0.1, 0.15) is 0 Å². The van der Waals surface area contributed by atoms with Gasteiger partial charge in [0.25, 0.3) is 0 Å². The van der Waals surface area contributed by atoms with Crippen molar-refractivity contribution in [1.29, 1.82) is 0 Å².